The lowest BCUT2D eigenvalue weighted by Gasteiger charge is -2.33. The van der Waals surface area contributed by atoms with E-state index in [2.05, 4.69) is 6.07 Å². The standard InChI is InChI=1S/C15H17FN2O2/c1-20-15(19)14-4-2-3-7-18(14)10-12-8-13(16)6-5-11(12)9-17/h5-6,8,14H,2-4,7,10H2,1H3. The van der Waals surface area contributed by atoms with Crippen molar-refractivity contribution in [2.75, 3.05) is 13.7 Å². The Morgan fingerprint density at radius 2 is 2.35 bits per heavy atom. The molecule has 0 aliphatic carbocycles. The van der Waals surface area contributed by atoms with Crippen LogP contribution in [0.4, 0.5) is 4.39 Å². The van der Waals surface area contributed by atoms with Gasteiger partial charge in [0.2, 0.25) is 0 Å². The number of likely N-dealkylation sites (tertiary alicyclic amines) is 1. The molecule has 1 aromatic rings. The lowest BCUT2D eigenvalue weighted by Crippen LogP contribution is -2.44. The fourth-order valence-corrected chi connectivity index (χ4v) is 2.60. The first kappa shape index (κ1) is 14.5. The maximum Gasteiger partial charge on any atom is 0.323 e. The number of hydrogen-bond acceptors (Lipinski definition) is 4. The fraction of sp³-hybridized carbons (Fsp3) is 0.467. The lowest BCUT2D eigenvalue weighted by molar-refractivity contribution is -0.148. The van der Waals surface area contributed by atoms with Gasteiger partial charge in [0.25, 0.3) is 0 Å². The van der Waals surface area contributed by atoms with E-state index in [4.69, 9.17) is 10.00 Å². The summed E-state index contributed by atoms with van der Waals surface area (Å²) in [7, 11) is 1.37. The molecule has 0 bridgehead atoms. The number of nitriles is 1. The van der Waals surface area contributed by atoms with Crippen LogP contribution in [0.1, 0.15) is 30.4 Å². The number of ether oxygens (including phenoxy) is 1. The van der Waals surface area contributed by atoms with Crippen LogP contribution in [0.25, 0.3) is 0 Å². The molecule has 20 heavy (non-hydrogen) atoms. The summed E-state index contributed by atoms with van der Waals surface area (Å²) < 4.78 is 18.2. The number of hydrogen-bond donors (Lipinski definition) is 0. The molecule has 1 unspecified atom stereocenters. The van der Waals surface area contributed by atoms with Crippen molar-refractivity contribution in [1.29, 1.82) is 5.26 Å². The van der Waals surface area contributed by atoms with E-state index in [1.807, 2.05) is 4.90 Å². The Labute approximate surface area is 117 Å². The average molecular weight is 276 g/mol. The van der Waals surface area contributed by atoms with E-state index in [0.29, 0.717) is 17.7 Å². The monoisotopic (exact) mass is 276 g/mol. The summed E-state index contributed by atoms with van der Waals surface area (Å²) >= 11 is 0. The van der Waals surface area contributed by atoms with E-state index in [9.17, 15) is 9.18 Å². The zero-order chi connectivity index (χ0) is 14.5. The van der Waals surface area contributed by atoms with Gasteiger partial charge in [-0.2, -0.15) is 5.26 Å². The third kappa shape index (κ3) is 3.14. The summed E-state index contributed by atoms with van der Waals surface area (Å²) in [6.07, 6.45) is 2.71. The van der Waals surface area contributed by atoms with Gasteiger partial charge in [-0.3, -0.25) is 9.69 Å². The van der Waals surface area contributed by atoms with Crippen LogP contribution in [0.3, 0.4) is 0 Å². The summed E-state index contributed by atoms with van der Waals surface area (Å²) in [5.41, 5.74) is 1.06. The van der Waals surface area contributed by atoms with E-state index < -0.39 is 0 Å². The van der Waals surface area contributed by atoms with Crippen LogP contribution < -0.4 is 0 Å². The minimum atomic E-state index is -0.370. The number of methoxy groups -OCH3 is 1. The quantitative estimate of drug-likeness (QED) is 0.794. The molecule has 2 rings (SSSR count). The van der Waals surface area contributed by atoms with Gasteiger partial charge >= 0.3 is 5.97 Å². The predicted molar refractivity (Wildman–Crippen MR) is 71.2 cm³/mol. The first-order chi connectivity index (χ1) is 9.65. The van der Waals surface area contributed by atoms with Gasteiger partial charge in [-0.15, -0.1) is 0 Å². The second kappa shape index (κ2) is 6.49. The highest BCUT2D eigenvalue weighted by molar-refractivity contribution is 5.75. The first-order valence-corrected chi connectivity index (χ1v) is 6.66. The second-order valence-electron chi connectivity index (χ2n) is 4.92. The number of benzene rings is 1. The van der Waals surface area contributed by atoms with Crippen LogP contribution in [0.5, 0.6) is 0 Å². The summed E-state index contributed by atoms with van der Waals surface area (Å²) in [4.78, 5) is 13.7. The number of carbonyl (C=O) groups is 1. The molecule has 0 saturated carbocycles. The highest BCUT2D eigenvalue weighted by Gasteiger charge is 2.29. The van der Waals surface area contributed by atoms with Crippen molar-refractivity contribution < 1.29 is 13.9 Å². The number of nitrogens with zero attached hydrogens (tertiary/aromatic N) is 2. The largest absolute Gasteiger partial charge is 0.468 e. The Balaban J connectivity index is 2.21. The van der Waals surface area contributed by atoms with Gasteiger partial charge in [-0.05, 0) is 43.1 Å². The highest BCUT2D eigenvalue weighted by Crippen LogP contribution is 2.22. The molecule has 1 aliphatic rings. The molecule has 0 amide bonds. The highest BCUT2D eigenvalue weighted by atomic mass is 19.1. The van der Waals surface area contributed by atoms with Gasteiger partial charge in [-0.1, -0.05) is 6.42 Å². The predicted octanol–water partition coefficient (Wildman–Crippen LogP) is 2.22. The van der Waals surface area contributed by atoms with Crippen LogP contribution in [-0.4, -0.2) is 30.6 Å². The van der Waals surface area contributed by atoms with Gasteiger partial charge in [0, 0.05) is 6.54 Å². The Morgan fingerprint density at radius 3 is 3.05 bits per heavy atom. The van der Waals surface area contributed by atoms with E-state index in [1.54, 1.807) is 0 Å². The third-order valence-corrected chi connectivity index (χ3v) is 3.65. The van der Waals surface area contributed by atoms with Gasteiger partial charge in [0.1, 0.15) is 11.9 Å². The van der Waals surface area contributed by atoms with Gasteiger partial charge in [0.05, 0.1) is 18.7 Å². The van der Waals surface area contributed by atoms with Crippen molar-refractivity contribution in [3.63, 3.8) is 0 Å². The lowest BCUT2D eigenvalue weighted by atomic mass is 10.00. The van der Waals surface area contributed by atoms with E-state index in [-0.39, 0.29) is 17.8 Å². The van der Waals surface area contributed by atoms with Crippen LogP contribution in [0, 0.1) is 17.1 Å². The fourth-order valence-electron chi connectivity index (χ4n) is 2.60. The Kier molecular flexibility index (Phi) is 4.70. The average Bonchev–Trinajstić information content (AvgIpc) is 2.47. The van der Waals surface area contributed by atoms with Crippen LogP contribution in [0.2, 0.25) is 0 Å². The number of piperidine rings is 1. The van der Waals surface area contributed by atoms with Gasteiger partial charge < -0.3 is 4.74 Å². The molecule has 1 aromatic carbocycles. The Morgan fingerprint density at radius 1 is 1.55 bits per heavy atom. The van der Waals surface area contributed by atoms with E-state index >= 15 is 0 Å². The molecule has 0 radical (unpaired) electrons. The molecule has 1 atom stereocenters. The zero-order valence-electron chi connectivity index (χ0n) is 11.4. The number of halogens is 1. The molecule has 1 saturated heterocycles. The molecule has 0 aromatic heterocycles. The smallest absolute Gasteiger partial charge is 0.323 e. The summed E-state index contributed by atoms with van der Waals surface area (Å²) in [5.74, 6) is -0.634. The topological polar surface area (TPSA) is 53.3 Å². The molecule has 1 heterocycles. The Bertz CT molecular complexity index is 539. The van der Waals surface area contributed by atoms with Crippen molar-refractivity contribution in [2.45, 2.75) is 31.8 Å². The maximum absolute atomic E-state index is 13.3. The zero-order valence-corrected chi connectivity index (χ0v) is 11.4. The summed E-state index contributed by atoms with van der Waals surface area (Å²) in [5, 5.41) is 9.08. The van der Waals surface area contributed by atoms with Gasteiger partial charge in [-0.25, -0.2) is 4.39 Å². The summed E-state index contributed by atoms with van der Waals surface area (Å²) in [6, 6.07) is 5.87. The molecule has 4 nitrogen and oxygen atoms in total. The number of rotatable bonds is 3. The van der Waals surface area contributed by atoms with Crippen molar-refractivity contribution in [3.05, 3.63) is 35.1 Å². The molecule has 1 fully saturated rings. The SMILES string of the molecule is COC(=O)C1CCCCN1Cc1cc(F)ccc1C#N. The van der Waals surface area contributed by atoms with E-state index in [0.717, 1.165) is 25.8 Å². The molecular formula is C15H17FN2O2. The molecule has 1 aliphatic heterocycles. The second-order valence-corrected chi connectivity index (χ2v) is 4.92. The van der Waals surface area contributed by atoms with Crippen LogP contribution in [-0.2, 0) is 16.1 Å². The van der Waals surface area contributed by atoms with Crippen LogP contribution >= 0.6 is 0 Å². The van der Waals surface area contributed by atoms with Crippen molar-refractivity contribution in [3.8, 4) is 6.07 Å². The minimum absolute atomic E-state index is 0.264. The molecule has 0 N–H and O–H groups in total. The number of carbonyl (C=O) groups excluding carboxylic acids is 1. The van der Waals surface area contributed by atoms with Crippen molar-refractivity contribution >= 4 is 5.97 Å². The summed E-state index contributed by atoms with van der Waals surface area (Å²) in [6.45, 7) is 1.14. The molecule has 106 valence electrons. The normalized spacial score (nSPS) is 19.4. The Hall–Kier alpha value is -1.93. The maximum atomic E-state index is 13.3. The minimum Gasteiger partial charge on any atom is -0.468 e. The number of esters is 1. The molecule has 5 heteroatoms. The van der Waals surface area contributed by atoms with Crippen molar-refractivity contribution in [1.82, 2.24) is 4.90 Å². The third-order valence-electron chi connectivity index (χ3n) is 3.65. The molecular weight excluding hydrogens is 259 g/mol. The van der Waals surface area contributed by atoms with Crippen LogP contribution in [0.15, 0.2) is 18.2 Å². The first-order valence-electron chi connectivity index (χ1n) is 6.66. The van der Waals surface area contributed by atoms with Gasteiger partial charge in [0.15, 0.2) is 0 Å². The molecule has 0 spiro atoms. The van der Waals surface area contributed by atoms with E-state index in [1.165, 1.54) is 25.3 Å². The van der Waals surface area contributed by atoms with Crippen molar-refractivity contribution in [2.24, 2.45) is 0 Å².